The molecule has 0 radical (unpaired) electrons. The van der Waals surface area contributed by atoms with Crippen LogP contribution in [-0.4, -0.2) is 31.4 Å². The Balaban J connectivity index is -0.000000320. The van der Waals surface area contributed by atoms with Crippen molar-refractivity contribution in [2.45, 2.75) is 6.42 Å². The number of rotatable bonds is 4. The first-order chi connectivity index (χ1) is 4.27. The van der Waals surface area contributed by atoms with Crippen LogP contribution in [0, 0.1) is 0 Å². The second-order valence-corrected chi connectivity index (χ2v) is 2.53. The van der Waals surface area contributed by atoms with Crippen molar-refractivity contribution in [3.63, 3.8) is 0 Å². The van der Waals surface area contributed by atoms with Gasteiger partial charge in [-0.3, -0.25) is 0 Å². The summed E-state index contributed by atoms with van der Waals surface area (Å²) in [5.41, 5.74) is 0. The van der Waals surface area contributed by atoms with Gasteiger partial charge in [-0.25, -0.2) is 0 Å². The van der Waals surface area contributed by atoms with Crippen molar-refractivity contribution in [1.82, 2.24) is 11.1 Å². The monoisotopic (exact) mass is 200 g/mol. The Morgan fingerprint density at radius 2 is 1.82 bits per heavy atom. The zero-order chi connectivity index (χ0) is 7.11. The van der Waals surface area contributed by atoms with E-state index in [2.05, 4.69) is 25.1 Å². The molecule has 0 aliphatic rings. The molecule has 0 saturated carbocycles. The van der Waals surface area contributed by atoms with Gasteiger partial charge in [0.25, 0.3) is 0 Å². The molecular formula is C7H18Cl2N2. The molecule has 0 aromatic carbocycles. The minimum absolute atomic E-state index is 0. The van der Waals surface area contributed by atoms with Gasteiger partial charge in [0.05, 0.1) is 0 Å². The van der Waals surface area contributed by atoms with E-state index in [1.165, 1.54) is 0 Å². The predicted octanol–water partition coefficient (Wildman–Crippen LogP) is 2.32. The van der Waals surface area contributed by atoms with Gasteiger partial charge in [-0.2, -0.15) is 0 Å². The smallest absolute Gasteiger partial charge is 0.0404 e. The largest absolute Gasteiger partial charge is 0.344 e. The number of alkyl halides is 1. The highest BCUT2D eigenvalue weighted by molar-refractivity contribution is 6.18. The van der Waals surface area contributed by atoms with E-state index in [-0.39, 0.29) is 18.6 Å². The van der Waals surface area contributed by atoms with E-state index < -0.39 is 0 Å². The Hall–Kier alpha value is 0.240. The topological polar surface area (TPSA) is 38.2 Å². The normalized spacial score (nSPS) is 9.45. The average Bonchev–Trinajstić information content (AvgIpc) is 1.80. The molecule has 0 bridgehead atoms. The second-order valence-electron chi connectivity index (χ2n) is 2.22. The van der Waals surface area contributed by atoms with Crippen molar-refractivity contribution in [1.29, 1.82) is 0 Å². The summed E-state index contributed by atoms with van der Waals surface area (Å²) in [6, 6.07) is 0. The fourth-order valence-electron chi connectivity index (χ4n) is 0.514. The van der Waals surface area contributed by atoms with Gasteiger partial charge in [-0.1, -0.05) is 12.2 Å². The molecule has 2 nitrogen and oxygen atoms in total. The van der Waals surface area contributed by atoms with Crippen molar-refractivity contribution < 1.29 is 0 Å². The van der Waals surface area contributed by atoms with Crippen LogP contribution in [-0.2, 0) is 0 Å². The molecule has 0 aliphatic carbocycles. The van der Waals surface area contributed by atoms with Gasteiger partial charge in [0.2, 0.25) is 0 Å². The first-order valence-electron chi connectivity index (χ1n) is 3.13. The molecule has 0 fully saturated rings. The van der Waals surface area contributed by atoms with Crippen molar-refractivity contribution in [2.75, 3.05) is 26.5 Å². The van der Waals surface area contributed by atoms with Crippen LogP contribution in [0.5, 0.6) is 0 Å². The van der Waals surface area contributed by atoms with Crippen molar-refractivity contribution in [2.24, 2.45) is 0 Å². The van der Waals surface area contributed by atoms with E-state index in [4.69, 9.17) is 11.6 Å². The van der Waals surface area contributed by atoms with Crippen LogP contribution >= 0.6 is 24.0 Å². The van der Waals surface area contributed by atoms with Crippen LogP contribution < -0.4 is 6.15 Å². The maximum absolute atomic E-state index is 5.42. The number of hydrogen-bond acceptors (Lipinski definition) is 2. The zero-order valence-corrected chi connectivity index (χ0v) is 8.79. The Morgan fingerprint density at radius 1 is 1.27 bits per heavy atom. The summed E-state index contributed by atoms with van der Waals surface area (Å²) in [7, 11) is 4.13. The lowest BCUT2D eigenvalue weighted by Gasteiger charge is -2.04. The number of nitrogens with zero attached hydrogens (tertiary/aromatic N) is 1. The maximum Gasteiger partial charge on any atom is 0.0404 e. The summed E-state index contributed by atoms with van der Waals surface area (Å²) in [4.78, 5) is 2.15. The predicted molar refractivity (Wildman–Crippen MR) is 55.3 cm³/mol. The molecule has 0 unspecified atom stereocenters. The summed E-state index contributed by atoms with van der Waals surface area (Å²) < 4.78 is 0. The highest BCUT2D eigenvalue weighted by Gasteiger charge is 1.83. The fourth-order valence-corrected chi connectivity index (χ4v) is 0.640. The molecule has 11 heavy (non-hydrogen) atoms. The quantitative estimate of drug-likeness (QED) is 0.559. The molecule has 4 heteroatoms. The molecule has 0 amide bonds. The Morgan fingerprint density at radius 3 is 2.18 bits per heavy atom. The van der Waals surface area contributed by atoms with Gasteiger partial charge >= 0.3 is 0 Å². The van der Waals surface area contributed by atoms with Crippen LogP contribution in [0.15, 0.2) is 12.2 Å². The SMILES string of the molecule is CN(C)CCC=CCCl.Cl.N. The van der Waals surface area contributed by atoms with E-state index in [1.54, 1.807) is 0 Å². The van der Waals surface area contributed by atoms with Gasteiger partial charge in [0.1, 0.15) is 0 Å². The molecule has 0 spiro atoms. The second kappa shape index (κ2) is 12.9. The molecular weight excluding hydrogens is 183 g/mol. The Kier molecular flexibility index (Phi) is 20.3. The molecule has 0 atom stereocenters. The maximum atomic E-state index is 5.42. The Labute approximate surface area is 80.6 Å². The summed E-state index contributed by atoms with van der Waals surface area (Å²) in [6.07, 6.45) is 5.18. The van der Waals surface area contributed by atoms with Crippen LogP contribution in [0.3, 0.4) is 0 Å². The molecule has 0 aromatic rings. The molecule has 0 heterocycles. The van der Waals surface area contributed by atoms with Crippen LogP contribution in [0.2, 0.25) is 0 Å². The average molecular weight is 201 g/mol. The number of allylic oxidation sites excluding steroid dienone is 1. The van der Waals surface area contributed by atoms with Crippen LogP contribution in [0.1, 0.15) is 6.42 Å². The lowest BCUT2D eigenvalue weighted by Crippen LogP contribution is -2.11. The van der Waals surface area contributed by atoms with E-state index >= 15 is 0 Å². The van der Waals surface area contributed by atoms with Crippen LogP contribution in [0.25, 0.3) is 0 Å². The molecule has 0 rings (SSSR count). The lowest BCUT2D eigenvalue weighted by atomic mass is 10.4. The Bertz CT molecular complexity index is 84.5. The first-order valence-corrected chi connectivity index (χ1v) is 3.66. The summed E-state index contributed by atoms with van der Waals surface area (Å²) in [5.74, 6) is 0.632. The van der Waals surface area contributed by atoms with E-state index in [0.29, 0.717) is 5.88 Å². The van der Waals surface area contributed by atoms with Gasteiger partial charge < -0.3 is 11.1 Å². The van der Waals surface area contributed by atoms with Crippen LogP contribution in [0.4, 0.5) is 0 Å². The van der Waals surface area contributed by atoms with E-state index in [9.17, 15) is 0 Å². The molecule has 0 aliphatic heterocycles. The van der Waals surface area contributed by atoms with Gasteiger partial charge in [0.15, 0.2) is 0 Å². The molecule has 3 N–H and O–H groups in total. The van der Waals surface area contributed by atoms with Crippen molar-refractivity contribution in [3.05, 3.63) is 12.2 Å². The van der Waals surface area contributed by atoms with Gasteiger partial charge in [-0.05, 0) is 20.5 Å². The molecule has 70 valence electrons. The van der Waals surface area contributed by atoms with Gasteiger partial charge in [-0.15, -0.1) is 24.0 Å². The number of hydrogen-bond donors (Lipinski definition) is 1. The summed E-state index contributed by atoms with van der Waals surface area (Å²) in [5, 5.41) is 0. The fraction of sp³-hybridized carbons (Fsp3) is 0.714. The standard InChI is InChI=1S/C7H14ClN.ClH.H3N/c1-9(2)7-5-3-4-6-8;;/h3-4H,5-7H2,1-2H3;1H;1H3. The highest BCUT2D eigenvalue weighted by atomic mass is 35.5. The third kappa shape index (κ3) is 17.9. The zero-order valence-electron chi connectivity index (χ0n) is 7.22. The third-order valence-corrected chi connectivity index (χ3v) is 1.18. The van der Waals surface area contributed by atoms with Gasteiger partial charge in [0, 0.05) is 12.4 Å². The summed E-state index contributed by atoms with van der Waals surface area (Å²) >= 11 is 5.42. The van der Waals surface area contributed by atoms with Crippen molar-refractivity contribution >= 4 is 24.0 Å². The first kappa shape index (κ1) is 17.4. The molecule has 0 saturated heterocycles. The third-order valence-electron chi connectivity index (χ3n) is 0.999. The minimum atomic E-state index is 0. The van der Waals surface area contributed by atoms with Crippen molar-refractivity contribution in [3.8, 4) is 0 Å². The number of halogens is 2. The summed E-state index contributed by atoms with van der Waals surface area (Å²) in [6.45, 7) is 1.10. The highest BCUT2D eigenvalue weighted by Crippen LogP contribution is 1.86. The lowest BCUT2D eigenvalue weighted by molar-refractivity contribution is 0.417. The molecule has 0 aromatic heterocycles. The van der Waals surface area contributed by atoms with E-state index in [1.807, 2.05) is 6.08 Å². The van der Waals surface area contributed by atoms with E-state index in [0.717, 1.165) is 13.0 Å². The minimum Gasteiger partial charge on any atom is -0.344 e.